The summed E-state index contributed by atoms with van der Waals surface area (Å²) in [5.41, 5.74) is 1.10. The quantitative estimate of drug-likeness (QED) is 0.574. The fourth-order valence-corrected chi connectivity index (χ4v) is 4.52. The molecule has 0 spiro atoms. The molecule has 0 aliphatic carbocycles. The predicted octanol–water partition coefficient (Wildman–Crippen LogP) is 4.78. The maximum absolute atomic E-state index is 13.7. The molecule has 3 atom stereocenters. The van der Waals surface area contributed by atoms with Gasteiger partial charge in [-0.2, -0.15) is 0 Å². The molecule has 2 saturated heterocycles. The summed E-state index contributed by atoms with van der Waals surface area (Å²) < 4.78 is 0. The molecule has 0 bridgehead atoms. The van der Waals surface area contributed by atoms with Gasteiger partial charge in [0.25, 0.3) is 5.91 Å². The summed E-state index contributed by atoms with van der Waals surface area (Å²) in [6, 6.07) is 25.5. The molecule has 2 aliphatic heterocycles. The van der Waals surface area contributed by atoms with E-state index in [0.29, 0.717) is 10.7 Å². The Hall–Kier alpha value is -3.15. The van der Waals surface area contributed by atoms with Crippen LogP contribution in [0.3, 0.4) is 0 Å². The van der Waals surface area contributed by atoms with E-state index < -0.39 is 17.6 Å². The number of anilines is 2. The number of nitrogens with zero attached hydrogens (tertiary/aromatic N) is 2. The van der Waals surface area contributed by atoms with Crippen molar-refractivity contribution in [2.24, 2.45) is 5.41 Å². The van der Waals surface area contributed by atoms with Gasteiger partial charge in [0.05, 0.1) is 17.4 Å². The Morgan fingerprint density at radius 1 is 0.833 bits per heavy atom. The summed E-state index contributed by atoms with van der Waals surface area (Å²) in [5, 5.41) is 2.24. The monoisotopic (exact) mass is 418 g/mol. The molecule has 5 rings (SSSR count). The average molecular weight is 419 g/mol. The predicted molar refractivity (Wildman–Crippen MR) is 115 cm³/mol. The third-order valence-corrected chi connectivity index (χ3v) is 6.14. The summed E-state index contributed by atoms with van der Waals surface area (Å²) in [7, 11) is 0. The van der Waals surface area contributed by atoms with Crippen molar-refractivity contribution in [3.63, 3.8) is 0 Å². The van der Waals surface area contributed by atoms with Crippen LogP contribution < -0.4 is 9.96 Å². The first kappa shape index (κ1) is 18.9. The number of rotatable bonds is 3. The third-order valence-electron chi connectivity index (χ3n) is 5.89. The zero-order valence-corrected chi connectivity index (χ0v) is 17.0. The van der Waals surface area contributed by atoms with E-state index in [0.717, 1.165) is 11.3 Å². The number of halogens is 1. The maximum atomic E-state index is 13.7. The second-order valence-electron chi connectivity index (χ2n) is 7.70. The average Bonchev–Trinajstić information content (AvgIpc) is 3.19. The minimum Gasteiger partial charge on any atom is -0.273 e. The Morgan fingerprint density at radius 3 is 2.07 bits per heavy atom. The summed E-state index contributed by atoms with van der Waals surface area (Å²) in [5.74, 6) is -0.656. The van der Waals surface area contributed by atoms with Crippen LogP contribution in [-0.4, -0.2) is 17.9 Å². The van der Waals surface area contributed by atoms with Crippen molar-refractivity contribution in [2.75, 3.05) is 9.96 Å². The Bertz CT molecular complexity index is 1100. The highest BCUT2D eigenvalue weighted by atomic mass is 35.5. The van der Waals surface area contributed by atoms with Crippen LogP contribution in [0.5, 0.6) is 0 Å². The lowest BCUT2D eigenvalue weighted by molar-refractivity contribution is -0.128. The van der Waals surface area contributed by atoms with Crippen LogP contribution in [0.1, 0.15) is 18.5 Å². The second kappa shape index (κ2) is 6.97. The molecular formula is C24H19ClN2O3. The SMILES string of the molecule is C[C@]12C(=O)N(c3ccc(Cl)cc3)C(=O)[C@@H]1ON(c1ccccc1)[C@@H]2c1ccccc1. The van der Waals surface area contributed by atoms with Gasteiger partial charge in [0, 0.05) is 5.02 Å². The van der Waals surface area contributed by atoms with Gasteiger partial charge in [0.1, 0.15) is 5.41 Å². The van der Waals surface area contributed by atoms with E-state index in [2.05, 4.69) is 0 Å². The molecule has 2 amide bonds. The van der Waals surface area contributed by atoms with Crippen molar-refractivity contribution >= 4 is 34.8 Å². The van der Waals surface area contributed by atoms with E-state index in [1.54, 1.807) is 29.3 Å². The number of hydrogen-bond donors (Lipinski definition) is 0. The van der Waals surface area contributed by atoms with Gasteiger partial charge in [-0.1, -0.05) is 60.1 Å². The fraction of sp³-hybridized carbons (Fsp3) is 0.167. The first-order chi connectivity index (χ1) is 14.5. The summed E-state index contributed by atoms with van der Waals surface area (Å²) in [6.45, 7) is 1.81. The molecule has 0 saturated carbocycles. The number of imide groups is 1. The Kier molecular flexibility index (Phi) is 4.38. The van der Waals surface area contributed by atoms with E-state index in [1.165, 1.54) is 4.90 Å². The number of carbonyl (C=O) groups is 2. The summed E-state index contributed by atoms with van der Waals surface area (Å²) in [6.07, 6.45) is -0.925. The Labute approximate surface area is 179 Å². The number of para-hydroxylation sites is 1. The van der Waals surface area contributed by atoms with Gasteiger partial charge in [0.15, 0.2) is 6.10 Å². The Balaban J connectivity index is 1.63. The van der Waals surface area contributed by atoms with Gasteiger partial charge < -0.3 is 0 Å². The van der Waals surface area contributed by atoms with Gasteiger partial charge in [-0.15, -0.1) is 0 Å². The molecule has 3 aromatic carbocycles. The number of carbonyl (C=O) groups excluding carboxylic acids is 2. The highest BCUT2D eigenvalue weighted by Gasteiger charge is 2.68. The lowest BCUT2D eigenvalue weighted by atomic mass is 9.76. The standard InChI is InChI=1S/C24H19ClN2O3/c1-24-20(16-8-4-2-5-9-16)27(19-10-6-3-7-11-19)30-21(24)22(28)26(23(24)29)18-14-12-17(25)13-15-18/h2-15,20-21H,1H3/t20-,21+,24-/m1/s1. The molecule has 3 aromatic rings. The van der Waals surface area contributed by atoms with Crippen LogP contribution in [0.25, 0.3) is 0 Å². The van der Waals surface area contributed by atoms with Gasteiger partial charge in [0.2, 0.25) is 5.91 Å². The topological polar surface area (TPSA) is 49.9 Å². The van der Waals surface area contributed by atoms with E-state index in [9.17, 15) is 9.59 Å². The first-order valence-corrected chi connectivity index (χ1v) is 10.1. The molecule has 2 fully saturated rings. The number of benzene rings is 3. The molecule has 0 aromatic heterocycles. The largest absolute Gasteiger partial charge is 0.273 e. The van der Waals surface area contributed by atoms with Crippen LogP contribution in [-0.2, 0) is 14.4 Å². The van der Waals surface area contributed by atoms with Crippen molar-refractivity contribution in [2.45, 2.75) is 19.1 Å². The molecular weight excluding hydrogens is 400 g/mol. The maximum Gasteiger partial charge on any atom is 0.266 e. The number of hydroxylamine groups is 1. The van der Waals surface area contributed by atoms with Crippen LogP contribution in [0.4, 0.5) is 11.4 Å². The molecule has 0 radical (unpaired) electrons. The normalized spacial score (nSPS) is 25.7. The molecule has 5 nitrogen and oxygen atoms in total. The van der Waals surface area contributed by atoms with E-state index in [-0.39, 0.29) is 11.8 Å². The van der Waals surface area contributed by atoms with Crippen LogP contribution in [0, 0.1) is 5.41 Å². The lowest BCUT2D eigenvalue weighted by Gasteiger charge is -2.32. The van der Waals surface area contributed by atoms with Gasteiger partial charge >= 0.3 is 0 Å². The minimum absolute atomic E-state index is 0.285. The van der Waals surface area contributed by atoms with Gasteiger partial charge in [-0.05, 0) is 48.9 Å². The van der Waals surface area contributed by atoms with Crippen molar-refractivity contribution in [3.05, 3.63) is 95.5 Å². The molecule has 150 valence electrons. The highest BCUT2D eigenvalue weighted by molar-refractivity contribution is 6.31. The third kappa shape index (κ3) is 2.66. The van der Waals surface area contributed by atoms with Crippen LogP contribution in [0.15, 0.2) is 84.9 Å². The summed E-state index contributed by atoms with van der Waals surface area (Å²) >= 11 is 5.98. The van der Waals surface area contributed by atoms with Crippen molar-refractivity contribution < 1.29 is 14.4 Å². The smallest absolute Gasteiger partial charge is 0.266 e. The lowest BCUT2D eigenvalue weighted by Crippen LogP contribution is -2.41. The van der Waals surface area contributed by atoms with Crippen LogP contribution >= 0.6 is 11.6 Å². The van der Waals surface area contributed by atoms with E-state index in [4.69, 9.17) is 16.4 Å². The number of amides is 2. The molecule has 0 N–H and O–H groups in total. The van der Waals surface area contributed by atoms with Crippen LogP contribution in [0.2, 0.25) is 5.02 Å². The van der Waals surface area contributed by atoms with E-state index >= 15 is 0 Å². The number of hydrogen-bond acceptors (Lipinski definition) is 4. The van der Waals surface area contributed by atoms with Crippen molar-refractivity contribution in [1.82, 2.24) is 0 Å². The zero-order chi connectivity index (χ0) is 20.9. The molecule has 0 unspecified atom stereocenters. The highest BCUT2D eigenvalue weighted by Crippen LogP contribution is 2.55. The Morgan fingerprint density at radius 2 is 1.43 bits per heavy atom. The zero-order valence-electron chi connectivity index (χ0n) is 16.2. The molecule has 2 aliphatic rings. The first-order valence-electron chi connectivity index (χ1n) is 9.72. The van der Waals surface area contributed by atoms with E-state index in [1.807, 2.05) is 67.6 Å². The number of fused-ring (bicyclic) bond motifs is 1. The van der Waals surface area contributed by atoms with Crippen molar-refractivity contribution in [3.8, 4) is 0 Å². The second-order valence-corrected chi connectivity index (χ2v) is 8.13. The molecule has 30 heavy (non-hydrogen) atoms. The minimum atomic E-state index is -1.09. The van der Waals surface area contributed by atoms with Gasteiger partial charge in [-0.25, -0.2) is 9.96 Å². The summed E-state index contributed by atoms with van der Waals surface area (Å²) in [4.78, 5) is 34.5. The van der Waals surface area contributed by atoms with Crippen molar-refractivity contribution in [1.29, 1.82) is 0 Å². The van der Waals surface area contributed by atoms with Gasteiger partial charge in [-0.3, -0.25) is 14.4 Å². The molecule has 2 heterocycles. The molecule has 6 heteroatoms. The fourth-order valence-electron chi connectivity index (χ4n) is 4.40.